The molecule has 94 valence electrons. The van der Waals surface area contributed by atoms with Crippen LogP contribution in [0, 0.1) is 6.92 Å². The fourth-order valence-corrected chi connectivity index (χ4v) is 3.13. The molecule has 2 N–H and O–H groups in total. The van der Waals surface area contributed by atoms with Gasteiger partial charge in [-0.1, -0.05) is 12.8 Å². The summed E-state index contributed by atoms with van der Waals surface area (Å²) in [6, 6.07) is 4.62. The minimum atomic E-state index is -0.0320. The van der Waals surface area contributed by atoms with Crippen molar-refractivity contribution in [3.05, 3.63) is 21.9 Å². The molecule has 17 heavy (non-hydrogen) atoms. The normalized spacial score (nSPS) is 18.0. The molecule has 2 amide bonds. The van der Waals surface area contributed by atoms with Crippen molar-refractivity contribution in [3.63, 3.8) is 0 Å². The number of nitrogens with one attached hydrogen (secondary N) is 2. The number of thiophene rings is 1. The van der Waals surface area contributed by atoms with E-state index in [0.717, 1.165) is 12.8 Å². The number of carbonyl (C=O) groups is 1. The minimum absolute atomic E-state index is 0.0320. The second-order valence-electron chi connectivity index (χ2n) is 4.77. The Kier molecular flexibility index (Phi) is 4.05. The van der Waals surface area contributed by atoms with Crippen molar-refractivity contribution in [1.82, 2.24) is 10.6 Å². The SMILES string of the molecule is Cc1ccc(C(C)NC(=O)NC2CCCC2)s1. The van der Waals surface area contributed by atoms with E-state index in [1.54, 1.807) is 11.3 Å². The zero-order valence-electron chi connectivity index (χ0n) is 10.5. The molecule has 2 rings (SSSR count). The van der Waals surface area contributed by atoms with E-state index in [2.05, 4.69) is 29.7 Å². The summed E-state index contributed by atoms with van der Waals surface area (Å²) >= 11 is 1.74. The van der Waals surface area contributed by atoms with Crippen molar-refractivity contribution in [2.45, 2.75) is 51.6 Å². The number of urea groups is 1. The molecular weight excluding hydrogens is 232 g/mol. The molecule has 4 heteroatoms. The Morgan fingerprint density at radius 3 is 2.71 bits per heavy atom. The van der Waals surface area contributed by atoms with Crippen molar-refractivity contribution < 1.29 is 4.79 Å². The lowest BCUT2D eigenvalue weighted by Gasteiger charge is -2.16. The highest BCUT2D eigenvalue weighted by Gasteiger charge is 2.18. The van der Waals surface area contributed by atoms with E-state index in [1.807, 2.05) is 6.92 Å². The second kappa shape index (κ2) is 5.54. The maximum Gasteiger partial charge on any atom is 0.315 e. The fraction of sp³-hybridized carbons (Fsp3) is 0.615. The smallest absolute Gasteiger partial charge is 0.315 e. The number of amides is 2. The van der Waals surface area contributed by atoms with Gasteiger partial charge in [-0.15, -0.1) is 11.3 Å². The molecule has 1 aromatic rings. The van der Waals surface area contributed by atoms with Crippen LogP contribution in [0.1, 0.15) is 48.4 Å². The average molecular weight is 252 g/mol. The number of rotatable bonds is 3. The third-order valence-electron chi connectivity index (χ3n) is 3.23. The predicted molar refractivity (Wildman–Crippen MR) is 71.4 cm³/mol. The third-order valence-corrected chi connectivity index (χ3v) is 4.41. The molecule has 0 aliphatic heterocycles. The molecular formula is C13H20N2OS. The summed E-state index contributed by atoms with van der Waals surface area (Å²) < 4.78 is 0. The van der Waals surface area contributed by atoms with Gasteiger partial charge < -0.3 is 10.6 Å². The number of hydrogen-bond donors (Lipinski definition) is 2. The van der Waals surface area contributed by atoms with Crippen LogP contribution in [0.2, 0.25) is 0 Å². The van der Waals surface area contributed by atoms with Crippen molar-refractivity contribution in [2.75, 3.05) is 0 Å². The maximum absolute atomic E-state index is 11.8. The lowest BCUT2D eigenvalue weighted by molar-refractivity contribution is 0.234. The van der Waals surface area contributed by atoms with Crippen LogP contribution >= 0.6 is 11.3 Å². The third kappa shape index (κ3) is 3.46. The molecule has 1 aliphatic rings. The highest BCUT2D eigenvalue weighted by molar-refractivity contribution is 7.12. The van der Waals surface area contributed by atoms with Crippen LogP contribution in [-0.4, -0.2) is 12.1 Å². The van der Waals surface area contributed by atoms with E-state index in [1.165, 1.54) is 22.6 Å². The molecule has 1 unspecified atom stereocenters. The van der Waals surface area contributed by atoms with Gasteiger partial charge in [0.15, 0.2) is 0 Å². The Morgan fingerprint density at radius 1 is 1.41 bits per heavy atom. The van der Waals surface area contributed by atoms with Crippen LogP contribution in [0.15, 0.2) is 12.1 Å². The summed E-state index contributed by atoms with van der Waals surface area (Å²) in [6.45, 7) is 4.11. The van der Waals surface area contributed by atoms with Crippen molar-refractivity contribution >= 4 is 17.4 Å². The average Bonchev–Trinajstić information content (AvgIpc) is 2.89. The number of carbonyl (C=O) groups excluding carboxylic acids is 1. The minimum Gasteiger partial charge on any atom is -0.335 e. The van der Waals surface area contributed by atoms with Gasteiger partial charge in [-0.05, 0) is 38.8 Å². The summed E-state index contributed by atoms with van der Waals surface area (Å²) in [4.78, 5) is 14.3. The van der Waals surface area contributed by atoms with E-state index < -0.39 is 0 Å². The van der Waals surface area contributed by atoms with Crippen LogP contribution in [-0.2, 0) is 0 Å². The first-order chi connectivity index (χ1) is 8.15. The van der Waals surface area contributed by atoms with Gasteiger partial charge in [0.2, 0.25) is 0 Å². The summed E-state index contributed by atoms with van der Waals surface area (Å²) in [5.74, 6) is 0. The van der Waals surface area contributed by atoms with Gasteiger partial charge >= 0.3 is 6.03 Å². The van der Waals surface area contributed by atoms with E-state index in [4.69, 9.17) is 0 Å². The summed E-state index contributed by atoms with van der Waals surface area (Å²) in [7, 11) is 0. The zero-order valence-corrected chi connectivity index (χ0v) is 11.3. The lowest BCUT2D eigenvalue weighted by atomic mass is 10.2. The number of aryl methyl sites for hydroxylation is 1. The summed E-state index contributed by atoms with van der Waals surface area (Å²) in [6.07, 6.45) is 4.73. The van der Waals surface area contributed by atoms with Gasteiger partial charge in [0.1, 0.15) is 0 Å². The Bertz CT molecular complexity index is 383. The fourth-order valence-electron chi connectivity index (χ4n) is 2.25. The predicted octanol–water partition coefficient (Wildman–Crippen LogP) is 3.36. The molecule has 1 heterocycles. The van der Waals surface area contributed by atoms with Gasteiger partial charge in [-0.2, -0.15) is 0 Å². The summed E-state index contributed by atoms with van der Waals surface area (Å²) in [5.41, 5.74) is 0. The molecule has 3 nitrogen and oxygen atoms in total. The van der Waals surface area contributed by atoms with Crippen LogP contribution < -0.4 is 10.6 Å². The Balaban J connectivity index is 1.81. The first-order valence-electron chi connectivity index (χ1n) is 6.28. The van der Waals surface area contributed by atoms with Gasteiger partial charge in [0.25, 0.3) is 0 Å². The molecule has 1 aromatic heterocycles. The topological polar surface area (TPSA) is 41.1 Å². The largest absolute Gasteiger partial charge is 0.335 e. The quantitative estimate of drug-likeness (QED) is 0.851. The lowest BCUT2D eigenvalue weighted by Crippen LogP contribution is -2.41. The van der Waals surface area contributed by atoms with Gasteiger partial charge in [-0.25, -0.2) is 4.79 Å². The van der Waals surface area contributed by atoms with Gasteiger partial charge in [-0.3, -0.25) is 0 Å². The highest BCUT2D eigenvalue weighted by Crippen LogP contribution is 2.22. The molecule has 0 bridgehead atoms. The first-order valence-corrected chi connectivity index (χ1v) is 7.10. The van der Waals surface area contributed by atoms with E-state index in [0.29, 0.717) is 6.04 Å². The van der Waals surface area contributed by atoms with Crippen LogP contribution in [0.4, 0.5) is 4.79 Å². The van der Waals surface area contributed by atoms with Gasteiger partial charge in [0.05, 0.1) is 6.04 Å². The van der Waals surface area contributed by atoms with E-state index >= 15 is 0 Å². The van der Waals surface area contributed by atoms with E-state index in [-0.39, 0.29) is 12.1 Å². The van der Waals surface area contributed by atoms with Crippen molar-refractivity contribution in [1.29, 1.82) is 0 Å². The molecule has 1 aliphatic carbocycles. The monoisotopic (exact) mass is 252 g/mol. The van der Waals surface area contributed by atoms with Gasteiger partial charge in [0, 0.05) is 15.8 Å². The van der Waals surface area contributed by atoms with E-state index in [9.17, 15) is 4.79 Å². The molecule has 0 aromatic carbocycles. The molecule has 0 radical (unpaired) electrons. The van der Waals surface area contributed by atoms with Crippen LogP contribution in [0.25, 0.3) is 0 Å². The Hall–Kier alpha value is -1.03. The number of hydrogen-bond acceptors (Lipinski definition) is 2. The molecule has 1 fully saturated rings. The molecule has 1 atom stereocenters. The Morgan fingerprint density at radius 2 is 2.12 bits per heavy atom. The summed E-state index contributed by atoms with van der Waals surface area (Å²) in [5, 5.41) is 6.04. The Labute approximate surface area is 107 Å². The molecule has 1 saturated carbocycles. The van der Waals surface area contributed by atoms with Crippen molar-refractivity contribution in [2.24, 2.45) is 0 Å². The zero-order chi connectivity index (χ0) is 12.3. The second-order valence-corrected chi connectivity index (χ2v) is 6.09. The molecule has 0 saturated heterocycles. The standard InChI is InChI=1S/C13H20N2OS/c1-9-7-8-12(17-9)10(2)14-13(16)15-11-5-3-4-6-11/h7-8,10-11H,3-6H2,1-2H3,(H2,14,15,16). The molecule has 0 spiro atoms. The van der Waals surface area contributed by atoms with Crippen molar-refractivity contribution in [3.8, 4) is 0 Å². The highest BCUT2D eigenvalue weighted by atomic mass is 32.1. The maximum atomic E-state index is 11.8. The first kappa shape index (κ1) is 12.4. The van der Waals surface area contributed by atoms with Crippen LogP contribution in [0.3, 0.4) is 0 Å². The van der Waals surface area contributed by atoms with Crippen LogP contribution in [0.5, 0.6) is 0 Å².